The van der Waals surface area contributed by atoms with Crippen molar-refractivity contribution in [2.24, 2.45) is 5.92 Å². The third-order valence-corrected chi connectivity index (χ3v) is 4.84. The number of carbonyl (C=O) groups excluding carboxylic acids is 1. The monoisotopic (exact) mass is 265 g/mol. The fourth-order valence-corrected chi connectivity index (χ4v) is 3.47. The molecule has 4 nitrogen and oxygen atoms in total. The molecule has 5 heteroatoms. The van der Waals surface area contributed by atoms with Gasteiger partial charge in [0.2, 0.25) is 5.91 Å². The van der Waals surface area contributed by atoms with Crippen LogP contribution in [0.1, 0.15) is 43.7 Å². The predicted molar refractivity (Wildman–Crippen MR) is 72.4 cm³/mol. The molecular formula is C13H19N3OS. The van der Waals surface area contributed by atoms with Crippen LogP contribution in [0.3, 0.4) is 0 Å². The minimum absolute atomic E-state index is 0.309. The van der Waals surface area contributed by atoms with Gasteiger partial charge in [-0.1, -0.05) is 6.42 Å². The Morgan fingerprint density at radius 1 is 1.39 bits per heavy atom. The third kappa shape index (κ3) is 2.23. The second-order valence-electron chi connectivity index (χ2n) is 5.36. The summed E-state index contributed by atoms with van der Waals surface area (Å²) in [5.74, 6) is 1.06. The SMILES string of the molecule is Nc1nc([C@@H]2CCCN(C(=O)C3CCC3)C2)cs1. The van der Waals surface area contributed by atoms with E-state index >= 15 is 0 Å². The van der Waals surface area contributed by atoms with Crippen molar-refractivity contribution in [3.05, 3.63) is 11.1 Å². The molecule has 2 N–H and O–H groups in total. The number of nitrogens with zero attached hydrogens (tertiary/aromatic N) is 2. The van der Waals surface area contributed by atoms with E-state index in [2.05, 4.69) is 4.98 Å². The van der Waals surface area contributed by atoms with Crippen molar-refractivity contribution in [2.45, 2.75) is 38.0 Å². The summed E-state index contributed by atoms with van der Waals surface area (Å²) in [5.41, 5.74) is 6.76. The normalized spacial score (nSPS) is 24.9. The Morgan fingerprint density at radius 2 is 2.22 bits per heavy atom. The van der Waals surface area contributed by atoms with Gasteiger partial charge in [-0.25, -0.2) is 4.98 Å². The molecule has 1 aromatic heterocycles. The van der Waals surface area contributed by atoms with Crippen molar-refractivity contribution in [3.8, 4) is 0 Å². The molecule has 98 valence electrons. The smallest absolute Gasteiger partial charge is 0.225 e. The van der Waals surface area contributed by atoms with Crippen LogP contribution < -0.4 is 5.73 Å². The fraction of sp³-hybridized carbons (Fsp3) is 0.692. The Morgan fingerprint density at radius 3 is 2.83 bits per heavy atom. The molecule has 0 bridgehead atoms. The number of hydrogen-bond donors (Lipinski definition) is 1. The number of nitrogens with two attached hydrogens (primary N) is 1. The third-order valence-electron chi connectivity index (χ3n) is 4.15. The molecule has 1 atom stereocenters. The summed E-state index contributed by atoms with van der Waals surface area (Å²) in [6.45, 7) is 1.75. The Balaban J connectivity index is 1.66. The van der Waals surface area contributed by atoms with Gasteiger partial charge in [0.15, 0.2) is 5.13 Å². The molecule has 2 aliphatic rings. The zero-order valence-electron chi connectivity index (χ0n) is 10.5. The molecule has 18 heavy (non-hydrogen) atoms. The molecule has 1 amide bonds. The number of carbonyl (C=O) groups is 1. The van der Waals surface area contributed by atoms with Gasteiger partial charge in [-0.2, -0.15) is 0 Å². The van der Waals surface area contributed by atoms with Crippen LogP contribution in [-0.2, 0) is 4.79 Å². The molecule has 3 rings (SSSR count). The quantitative estimate of drug-likeness (QED) is 0.892. The molecule has 2 heterocycles. The summed E-state index contributed by atoms with van der Waals surface area (Å²) in [6.07, 6.45) is 5.60. The minimum Gasteiger partial charge on any atom is -0.375 e. The topological polar surface area (TPSA) is 59.2 Å². The zero-order valence-corrected chi connectivity index (χ0v) is 11.3. The Bertz CT molecular complexity index is 441. The summed E-state index contributed by atoms with van der Waals surface area (Å²) < 4.78 is 0. The van der Waals surface area contributed by atoms with Crippen LogP contribution in [0.25, 0.3) is 0 Å². The van der Waals surface area contributed by atoms with E-state index < -0.39 is 0 Å². The van der Waals surface area contributed by atoms with Gasteiger partial charge in [0.25, 0.3) is 0 Å². The van der Waals surface area contributed by atoms with Gasteiger partial charge in [-0.3, -0.25) is 4.79 Å². The molecule has 0 spiro atoms. The number of piperidine rings is 1. The van der Waals surface area contributed by atoms with Crippen molar-refractivity contribution < 1.29 is 4.79 Å². The first-order chi connectivity index (χ1) is 8.74. The second kappa shape index (κ2) is 4.88. The number of rotatable bonds is 2. The highest BCUT2D eigenvalue weighted by molar-refractivity contribution is 7.13. The van der Waals surface area contributed by atoms with Gasteiger partial charge < -0.3 is 10.6 Å². The van der Waals surface area contributed by atoms with Gasteiger partial charge in [-0.05, 0) is 25.7 Å². The van der Waals surface area contributed by atoms with Gasteiger partial charge in [0.05, 0.1) is 5.69 Å². The lowest BCUT2D eigenvalue weighted by atomic mass is 9.83. The van der Waals surface area contributed by atoms with E-state index in [-0.39, 0.29) is 0 Å². The largest absolute Gasteiger partial charge is 0.375 e. The van der Waals surface area contributed by atoms with Crippen LogP contribution >= 0.6 is 11.3 Å². The van der Waals surface area contributed by atoms with Crippen molar-refractivity contribution >= 4 is 22.4 Å². The van der Waals surface area contributed by atoms with Crippen molar-refractivity contribution in [1.29, 1.82) is 0 Å². The maximum Gasteiger partial charge on any atom is 0.225 e. The summed E-state index contributed by atoms with van der Waals surface area (Å²) >= 11 is 1.49. The highest BCUT2D eigenvalue weighted by Gasteiger charge is 2.32. The summed E-state index contributed by atoms with van der Waals surface area (Å²) in [4.78, 5) is 18.7. The molecule has 0 aromatic carbocycles. The first-order valence-electron chi connectivity index (χ1n) is 6.73. The zero-order chi connectivity index (χ0) is 12.5. The molecular weight excluding hydrogens is 246 g/mol. The van der Waals surface area contributed by atoms with E-state index in [4.69, 9.17) is 5.73 Å². The molecule has 1 aliphatic carbocycles. The van der Waals surface area contributed by atoms with Crippen LogP contribution in [0.15, 0.2) is 5.38 Å². The first kappa shape index (κ1) is 12.0. The molecule has 1 aromatic rings. The lowest BCUT2D eigenvalue weighted by Crippen LogP contribution is -2.44. The molecule has 1 saturated heterocycles. The second-order valence-corrected chi connectivity index (χ2v) is 6.25. The fourth-order valence-electron chi connectivity index (χ4n) is 2.82. The summed E-state index contributed by atoms with van der Waals surface area (Å²) in [7, 11) is 0. The molecule has 0 radical (unpaired) electrons. The lowest BCUT2D eigenvalue weighted by Gasteiger charge is -2.36. The number of hydrogen-bond acceptors (Lipinski definition) is 4. The van der Waals surface area contributed by atoms with Crippen molar-refractivity contribution in [2.75, 3.05) is 18.8 Å². The number of likely N-dealkylation sites (tertiary alicyclic amines) is 1. The first-order valence-corrected chi connectivity index (χ1v) is 7.61. The van der Waals surface area contributed by atoms with E-state index in [1.54, 1.807) is 0 Å². The molecule has 0 unspecified atom stereocenters. The van der Waals surface area contributed by atoms with Gasteiger partial charge in [-0.15, -0.1) is 11.3 Å². The highest BCUT2D eigenvalue weighted by Crippen LogP contribution is 2.33. The average molecular weight is 265 g/mol. The average Bonchev–Trinajstić information content (AvgIpc) is 2.74. The van der Waals surface area contributed by atoms with Crippen molar-refractivity contribution in [1.82, 2.24) is 9.88 Å². The minimum atomic E-state index is 0.309. The lowest BCUT2D eigenvalue weighted by molar-refractivity contribution is -0.139. The van der Waals surface area contributed by atoms with E-state index in [0.29, 0.717) is 22.9 Å². The van der Waals surface area contributed by atoms with Crippen LogP contribution in [0.2, 0.25) is 0 Å². The van der Waals surface area contributed by atoms with Crippen molar-refractivity contribution in [3.63, 3.8) is 0 Å². The predicted octanol–water partition coefficient (Wildman–Crippen LogP) is 2.23. The van der Waals surface area contributed by atoms with E-state index in [1.807, 2.05) is 10.3 Å². The number of anilines is 1. The van der Waals surface area contributed by atoms with Crippen LogP contribution in [0.5, 0.6) is 0 Å². The Kier molecular flexibility index (Phi) is 3.24. The Hall–Kier alpha value is -1.10. The van der Waals surface area contributed by atoms with Gasteiger partial charge in [0, 0.05) is 30.3 Å². The van der Waals surface area contributed by atoms with Crippen LogP contribution in [0, 0.1) is 5.92 Å². The Labute approximate surface area is 111 Å². The number of nitrogen functional groups attached to an aromatic ring is 1. The number of aromatic nitrogens is 1. The van der Waals surface area contributed by atoms with E-state index in [9.17, 15) is 4.79 Å². The maximum absolute atomic E-state index is 12.2. The maximum atomic E-state index is 12.2. The van der Waals surface area contributed by atoms with Gasteiger partial charge in [0.1, 0.15) is 0 Å². The van der Waals surface area contributed by atoms with E-state index in [0.717, 1.165) is 44.5 Å². The summed E-state index contributed by atoms with van der Waals surface area (Å²) in [5, 5.41) is 2.67. The van der Waals surface area contributed by atoms with Gasteiger partial charge >= 0.3 is 0 Å². The highest BCUT2D eigenvalue weighted by atomic mass is 32.1. The standard InChI is InChI=1S/C13H19N3OS/c14-13-15-11(8-18-13)10-5-2-6-16(7-10)12(17)9-3-1-4-9/h8-10H,1-7H2,(H2,14,15)/t10-/m1/s1. The van der Waals surface area contributed by atoms with E-state index in [1.165, 1.54) is 17.8 Å². The number of thiazole rings is 1. The molecule has 1 saturated carbocycles. The summed E-state index contributed by atoms with van der Waals surface area (Å²) in [6, 6.07) is 0. The number of amides is 1. The van der Waals surface area contributed by atoms with Crippen LogP contribution in [-0.4, -0.2) is 28.9 Å². The van der Waals surface area contributed by atoms with Crippen LogP contribution in [0.4, 0.5) is 5.13 Å². The molecule has 1 aliphatic heterocycles. The molecule has 2 fully saturated rings.